The second kappa shape index (κ2) is 13.1. The van der Waals surface area contributed by atoms with Gasteiger partial charge in [0.25, 0.3) is 15.9 Å². The lowest BCUT2D eigenvalue weighted by Gasteiger charge is -2.30. The van der Waals surface area contributed by atoms with Crippen molar-refractivity contribution in [1.82, 2.24) is 4.98 Å². The summed E-state index contributed by atoms with van der Waals surface area (Å²) >= 11 is 4.78. The minimum absolute atomic E-state index is 0.0954. The number of anilines is 2. The summed E-state index contributed by atoms with van der Waals surface area (Å²) in [4.78, 5) is 18.8. The highest BCUT2D eigenvalue weighted by molar-refractivity contribution is 9.10. The van der Waals surface area contributed by atoms with Gasteiger partial charge in [0.05, 0.1) is 48.3 Å². The number of ether oxygens (including phenoxy) is 3. The van der Waals surface area contributed by atoms with E-state index in [0.717, 1.165) is 27.6 Å². The molecule has 13 heteroatoms. The molecule has 0 aliphatic carbocycles. The molecule has 0 bridgehead atoms. The van der Waals surface area contributed by atoms with E-state index < -0.39 is 15.9 Å². The minimum atomic E-state index is -3.85. The van der Waals surface area contributed by atoms with Gasteiger partial charge in [0.1, 0.15) is 0 Å². The molecule has 1 aliphatic rings. The van der Waals surface area contributed by atoms with Crippen molar-refractivity contribution < 1.29 is 27.4 Å². The second-order valence-electron chi connectivity index (χ2n) is 10.3. The van der Waals surface area contributed by atoms with E-state index in [1.54, 1.807) is 12.1 Å². The number of sulfonamides is 1. The van der Waals surface area contributed by atoms with Crippen LogP contribution in [0.25, 0.3) is 10.2 Å². The van der Waals surface area contributed by atoms with Crippen LogP contribution >= 0.6 is 27.3 Å². The molecule has 0 unspecified atom stereocenters. The zero-order valence-corrected chi connectivity index (χ0v) is 28.4. The van der Waals surface area contributed by atoms with Crippen LogP contribution in [0.3, 0.4) is 0 Å². The van der Waals surface area contributed by atoms with E-state index in [1.807, 2.05) is 42.5 Å². The lowest BCUT2D eigenvalue weighted by molar-refractivity contribution is 0.0987. The molecule has 46 heavy (non-hydrogen) atoms. The van der Waals surface area contributed by atoms with Crippen molar-refractivity contribution in [2.24, 2.45) is 5.10 Å². The number of methoxy groups -OCH3 is 3. The summed E-state index contributed by atoms with van der Waals surface area (Å²) in [6.45, 7) is 0.386. The number of hydrogen-bond donors (Lipinski definition) is 0. The molecule has 0 saturated heterocycles. The van der Waals surface area contributed by atoms with Crippen LogP contribution in [-0.4, -0.2) is 53.4 Å². The molecule has 0 atom stereocenters. The highest BCUT2D eigenvalue weighted by Crippen LogP contribution is 2.38. The standard InChI is InChI=1S/C33H29BrN4O6S2/c1-42-28-17-21(18-29(43-2)31(28)44-3)20-35-38(33-36-26-15-12-24(34)19-30(26)45-33)32(39)23-10-13-25(14-11-23)46(40,41)37-16-6-8-22-7-4-5-9-27(22)37/h4-5,7,9-15,17-20H,6,8,16H2,1-3H3/b35-20+. The van der Waals surface area contributed by atoms with E-state index in [2.05, 4.69) is 26.0 Å². The molecule has 236 valence electrons. The predicted octanol–water partition coefficient (Wildman–Crippen LogP) is 6.91. The smallest absolute Gasteiger partial charge is 0.280 e. The molecule has 0 saturated carbocycles. The average Bonchev–Trinajstić information content (AvgIpc) is 3.50. The number of rotatable bonds is 9. The van der Waals surface area contributed by atoms with Gasteiger partial charge in [0.15, 0.2) is 11.5 Å². The molecule has 0 spiro atoms. The monoisotopic (exact) mass is 720 g/mol. The second-order valence-corrected chi connectivity index (χ2v) is 14.0. The molecule has 0 radical (unpaired) electrons. The van der Waals surface area contributed by atoms with Crippen molar-refractivity contribution in [1.29, 1.82) is 0 Å². The lowest BCUT2D eigenvalue weighted by atomic mass is 10.0. The topological polar surface area (TPSA) is 111 Å². The Hall–Kier alpha value is -4.46. The number of aryl methyl sites for hydroxylation is 1. The molecular formula is C33H29BrN4O6S2. The Morgan fingerprint density at radius 1 is 0.978 bits per heavy atom. The molecule has 1 aliphatic heterocycles. The number of halogens is 1. The van der Waals surface area contributed by atoms with Crippen molar-refractivity contribution in [2.45, 2.75) is 17.7 Å². The van der Waals surface area contributed by atoms with Crippen LogP contribution in [-0.2, 0) is 16.4 Å². The Morgan fingerprint density at radius 3 is 2.39 bits per heavy atom. The summed E-state index contributed by atoms with van der Waals surface area (Å²) in [5.41, 5.74) is 3.20. The zero-order valence-electron chi connectivity index (χ0n) is 25.1. The molecule has 6 rings (SSSR count). The molecule has 5 aromatic rings. The highest BCUT2D eigenvalue weighted by Gasteiger charge is 2.29. The van der Waals surface area contributed by atoms with Crippen LogP contribution in [0.5, 0.6) is 17.2 Å². The highest BCUT2D eigenvalue weighted by atomic mass is 79.9. The van der Waals surface area contributed by atoms with Crippen LogP contribution in [0.4, 0.5) is 10.8 Å². The maximum atomic E-state index is 14.0. The van der Waals surface area contributed by atoms with Gasteiger partial charge >= 0.3 is 0 Å². The first kappa shape index (κ1) is 31.5. The average molecular weight is 722 g/mol. The number of nitrogens with zero attached hydrogens (tertiary/aromatic N) is 4. The van der Waals surface area contributed by atoms with E-state index in [4.69, 9.17) is 14.2 Å². The molecule has 4 aromatic carbocycles. The number of amides is 1. The van der Waals surface area contributed by atoms with Crippen LogP contribution in [0.15, 0.2) is 93.3 Å². The van der Waals surface area contributed by atoms with Gasteiger partial charge in [-0.1, -0.05) is 45.5 Å². The van der Waals surface area contributed by atoms with E-state index in [0.29, 0.717) is 45.7 Å². The van der Waals surface area contributed by atoms with Gasteiger partial charge in [-0.25, -0.2) is 13.4 Å². The Balaban J connectivity index is 1.36. The number of carbonyl (C=O) groups excluding carboxylic acids is 1. The molecule has 10 nitrogen and oxygen atoms in total. The fourth-order valence-electron chi connectivity index (χ4n) is 5.23. The van der Waals surface area contributed by atoms with Crippen molar-refractivity contribution >= 4 is 70.4 Å². The van der Waals surface area contributed by atoms with Gasteiger partial charge in [0, 0.05) is 22.1 Å². The molecule has 2 heterocycles. The molecule has 0 fully saturated rings. The minimum Gasteiger partial charge on any atom is -0.493 e. The summed E-state index contributed by atoms with van der Waals surface area (Å²) < 4.78 is 46.9. The Morgan fingerprint density at radius 2 is 1.70 bits per heavy atom. The Bertz CT molecular complexity index is 2040. The number of benzene rings is 4. The van der Waals surface area contributed by atoms with Crippen molar-refractivity contribution in [2.75, 3.05) is 37.2 Å². The summed E-state index contributed by atoms with van der Waals surface area (Å²) in [5, 5.41) is 6.09. The Kier molecular flexibility index (Phi) is 8.98. The van der Waals surface area contributed by atoms with E-state index in [9.17, 15) is 13.2 Å². The predicted molar refractivity (Wildman–Crippen MR) is 184 cm³/mol. The molecule has 1 amide bonds. The number of hydrazone groups is 1. The maximum Gasteiger partial charge on any atom is 0.280 e. The van der Waals surface area contributed by atoms with Crippen LogP contribution in [0, 0.1) is 0 Å². The summed E-state index contributed by atoms with van der Waals surface area (Å²) in [7, 11) is 0.699. The zero-order chi connectivity index (χ0) is 32.4. The summed E-state index contributed by atoms with van der Waals surface area (Å²) in [5.74, 6) is 0.794. The van der Waals surface area contributed by atoms with Crippen molar-refractivity contribution in [3.63, 3.8) is 0 Å². The van der Waals surface area contributed by atoms with Crippen LogP contribution in [0.2, 0.25) is 0 Å². The quantitative estimate of drug-likeness (QED) is 0.120. The fraction of sp³-hybridized carbons (Fsp3) is 0.182. The van der Waals surface area contributed by atoms with Gasteiger partial charge in [-0.3, -0.25) is 9.10 Å². The molecular weight excluding hydrogens is 692 g/mol. The largest absolute Gasteiger partial charge is 0.493 e. The first-order valence-electron chi connectivity index (χ1n) is 14.2. The van der Waals surface area contributed by atoms with E-state index >= 15 is 0 Å². The number of hydrogen-bond acceptors (Lipinski definition) is 9. The SMILES string of the molecule is COc1cc(/C=N/N(C(=O)c2ccc(S(=O)(=O)N3CCCc4ccccc43)cc2)c2nc3ccc(Br)cc3s2)cc(OC)c1OC. The van der Waals surface area contributed by atoms with Gasteiger partial charge in [-0.15, -0.1) is 0 Å². The van der Waals surface area contributed by atoms with Crippen molar-refractivity contribution in [3.05, 3.63) is 100 Å². The number of aromatic nitrogens is 1. The first-order valence-corrected chi connectivity index (χ1v) is 17.2. The number of para-hydroxylation sites is 1. The first-order chi connectivity index (χ1) is 22.2. The van der Waals surface area contributed by atoms with Crippen LogP contribution in [0.1, 0.15) is 27.9 Å². The van der Waals surface area contributed by atoms with E-state index in [1.165, 1.54) is 72.5 Å². The maximum absolute atomic E-state index is 14.0. The van der Waals surface area contributed by atoms with Gasteiger partial charge in [-0.05, 0) is 79.1 Å². The number of thiazole rings is 1. The summed E-state index contributed by atoms with van der Waals surface area (Å²) in [6, 6.07) is 22.5. The Labute approximate surface area is 279 Å². The van der Waals surface area contributed by atoms with Gasteiger partial charge in [-0.2, -0.15) is 10.1 Å². The third kappa shape index (κ3) is 6.05. The normalized spacial score (nSPS) is 13.1. The van der Waals surface area contributed by atoms with Crippen molar-refractivity contribution in [3.8, 4) is 17.2 Å². The third-order valence-corrected chi connectivity index (χ3v) is 10.8. The number of fused-ring (bicyclic) bond motifs is 2. The summed E-state index contributed by atoms with van der Waals surface area (Å²) in [6.07, 6.45) is 3.05. The van der Waals surface area contributed by atoms with E-state index in [-0.39, 0.29) is 10.5 Å². The van der Waals surface area contributed by atoms with Gasteiger partial charge < -0.3 is 14.2 Å². The van der Waals surface area contributed by atoms with Gasteiger partial charge in [0.2, 0.25) is 10.9 Å². The molecule has 0 N–H and O–H groups in total. The third-order valence-electron chi connectivity index (χ3n) is 7.48. The molecule has 1 aromatic heterocycles. The lowest BCUT2D eigenvalue weighted by Crippen LogP contribution is -2.35. The van der Waals surface area contributed by atoms with Crippen LogP contribution < -0.4 is 23.5 Å². The fourth-order valence-corrected chi connectivity index (χ4v) is 8.25. The number of carbonyl (C=O) groups is 1.